The van der Waals surface area contributed by atoms with Crippen LogP contribution in [0, 0.1) is 5.92 Å². The molecule has 0 saturated carbocycles. The van der Waals surface area contributed by atoms with Crippen LogP contribution in [0.2, 0.25) is 18.6 Å². The Morgan fingerprint density at radius 2 is 1.75 bits per heavy atom. The zero-order valence-electron chi connectivity index (χ0n) is 15.5. The summed E-state index contributed by atoms with van der Waals surface area (Å²) in [5.74, 6) is -0.556. The van der Waals surface area contributed by atoms with Crippen LogP contribution in [0.15, 0.2) is 0 Å². The molecule has 0 aromatic heterocycles. The molecule has 0 bridgehead atoms. The van der Waals surface area contributed by atoms with Gasteiger partial charge in [-0.2, -0.15) is 0 Å². The van der Waals surface area contributed by atoms with Crippen LogP contribution in [0.5, 0.6) is 0 Å². The lowest BCUT2D eigenvalue weighted by Crippen LogP contribution is -2.38. The van der Waals surface area contributed by atoms with Gasteiger partial charge in [0, 0.05) is 45.6 Å². The molecule has 2 atom stereocenters. The van der Waals surface area contributed by atoms with E-state index in [0.29, 0.717) is 32.6 Å². The van der Waals surface area contributed by atoms with Crippen LogP contribution in [0.1, 0.15) is 32.6 Å². The fraction of sp³-hybridized carbons (Fsp3) is 0.875. The quantitative estimate of drug-likeness (QED) is 0.337. The first kappa shape index (κ1) is 23.0. The third-order valence-corrected chi connectivity index (χ3v) is 8.20. The van der Waals surface area contributed by atoms with E-state index in [2.05, 4.69) is 24.1 Å². The third-order valence-electron chi connectivity index (χ3n) is 4.24. The maximum Gasteiger partial charge on any atom is 0.223 e. The molecule has 142 valence electrons. The molecule has 2 unspecified atom stereocenters. The second-order valence-corrected chi connectivity index (χ2v) is 10.7. The van der Waals surface area contributed by atoms with E-state index in [9.17, 15) is 9.59 Å². The van der Waals surface area contributed by atoms with Gasteiger partial charge in [0.25, 0.3) is 0 Å². The molecule has 0 heterocycles. The molecule has 0 aliphatic heterocycles. The molecule has 2 amide bonds. The highest BCUT2D eigenvalue weighted by Gasteiger charge is 2.28. The normalized spacial score (nSPS) is 14.7. The smallest absolute Gasteiger partial charge is 0.223 e. The van der Waals surface area contributed by atoms with Gasteiger partial charge in [-0.15, -0.1) is 0 Å². The van der Waals surface area contributed by atoms with Crippen LogP contribution < -0.4 is 22.1 Å². The maximum atomic E-state index is 12.3. The summed E-state index contributed by atoms with van der Waals surface area (Å²) >= 11 is 0. The van der Waals surface area contributed by atoms with E-state index >= 15 is 0 Å². The van der Waals surface area contributed by atoms with Crippen molar-refractivity contribution >= 4 is 20.1 Å². The average molecular weight is 361 g/mol. The van der Waals surface area contributed by atoms with Crippen molar-refractivity contribution in [2.75, 3.05) is 33.3 Å². The summed E-state index contributed by atoms with van der Waals surface area (Å²) in [6.45, 7) is 6.04. The van der Waals surface area contributed by atoms with E-state index in [0.717, 1.165) is 24.9 Å². The van der Waals surface area contributed by atoms with Crippen LogP contribution in [-0.2, 0) is 14.0 Å². The van der Waals surface area contributed by atoms with Crippen LogP contribution in [0.3, 0.4) is 0 Å². The summed E-state index contributed by atoms with van der Waals surface area (Å²) in [5, 5.41) is 5.52. The second kappa shape index (κ2) is 13.3. The SMILES string of the molecule is CCC[Si](C)(CCCC(CC(=O)NCCN)C(=O)NCCN)OC. The maximum absolute atomic E-state index is 12.3. The van der Waals surface area contributed by atoms with Crippen LogP contribution >= 0.6 is 0 Å². The van der Waals surface area contributed by atoms with Gasteiger partial charge in [0.2, 0.25) is 11.8 Å². The van der Waals surface area contributed by atoms with Crippen LogP contribution in [-0.4, -0.2) is 53.4 Å². The summed E-state index contributed by atoms with van der Waals surface area (Å²) < 4.78 is 5.75. The molecule has 0 spiro atoms. The van der Waals surface area contributed by atoms with E-state index in [1.807, 2.05) is 0 Å². The molecule has 8 heteroatoms. The van der Waals surface area contributed by atoms with Crippen molar-refractivity contribution in [1.29, 1.82) is 0 Å². The number of nitrogens with one attached hydrogen (secondary N) is 2. The van der Waals surface area contributed by atoms with E-state index in [1.165, 1.54) is 0 Å². The first-order valence-corrected chi connectivity index (χ1v) is 11.7. The zero-order valence-corrected chi connectivity index (χ0v) is 16.5. The van der Waals surface area contributed by atoms with Gasteiger partial charge in [0.1, 0.15) is 0 Å². The van der Waals surface area contributed by atoms with Crippen LogP contribution in [0.25, 0.3) is 0 Å². The molecule has 0 fully saturated rings. The van der Waals surface area contributed by atoms with E-state index in [1.54, 1.807) is 7.11 Å². The Bertz CT molecular complexity index is 371. The van der Waals surface area contributed by atoms with Gasteiger partial charge in [-0.1, -0.05) is 19.8 Å². The zero-order chi connectivity index (χ0) is 18.4. The Labute approximate surface area is 147 Å². The average Bonchev–Trinajstić information content (AvgIpc) is 2.57. The Morgan fingerprint density at radius 3 is 2.29 bits per heavy atom. The van der Waals surface area contributed by atoms with Crippen molar-refractivity contribution in [3.05, 3.63) is 0 Å². The van der Waals surface area contributed by atoms with Crippen LogP contribution in [0.4, 0.5) is 0 Å². The van der Waals surface area contributed by atoms with E-state index in [4.69, 9.17) is 15.9 Å². The molecular formula is C16H36N4O3Si. The fourth-order valence-electron chi connectivity index (χ4n) is 2.75. The van der Waals surface area contributed by atoms with Gasteiger partial charge in [-0.3, -0.25) is 9.59 Å². The van der Waals surface area contributed by atoms with Gasteiger partial charge in [-0.25, -0.2) is 0 Å². The number of amides is 2. The van der Waals surface area contributed by atoms with Crippen molar-refractivity contribution < 1.29 is 14.0 Å². The summed E-state index contributed by atoms with van der Waals surface area (Å²) in [6.07, 6.45) is 2.87. The molecular weight excluding hydrogens is 324 g/mol. The minimum absolute atomic E-state index is 0.0976. The fourth-order valence-corrected chi connectivity index (χ4v) is 5.42. The Morgan fingerprint density at radius 1 is 1.12 bits per heavy atom. The predicted octanol–water partition coefficient (Wildman–Crippen LogP) is 0.554. The molecule has 0 rings (SSSR count). The Hall–Kier alpha value is -0.963. The molecule has 0 aliphatic carbocycles. The highest BCUT2D eigenvalue weighted by molar-refractivity contribution is 6.72. The molecule has 0 saturated heterocycles. The minimum atomic E-state index is -1.68. The summed E-state index contributed by atoms with van der Waals surface area (Å²) in [5.41, 5.74) is 10.8. The van der Waals surface area contributed by atoms with Gasteiger partial charge in [0.05, 0.1) is 0 Å². The second-order valence-electron chi connectivity index (χ2n) is 6.42. The standard InChI is InChI=1S/C16H36N4O3Si/c1-4-11-24(3,23-2)12-5-6-14(16(22)20-10-8-18)13-15(21)19-9-7-17/h14H,4-13,17-18H2,1-3H3,(H,19,21)(H,20,22). The lowest BCUT2D eigenvalue weighted by Gasteiger charge is -2.25. The number of hydrogen-bond donors (Lipinski definition) is 4. The number of carbonyl (C=O) groups is 2. The summed E-state index contributed by atoms with van der Waals surface area (Å²) in [6, 6.07) is 2.12. The van der Waals surface area contributed by atoms with E-state index < -0.39 is 8.32 Å². The first-order chi connectivity index (χ1) is 11.4. The lowest BCUT2D eigenvalue weighted by molar-refractivity contribution is -0.130. The highest BCUT2D eigenvalue weighted by Crippen LogP contribution is 2.23. The topological polar surface area (TPSA) is 119 Å². The number of hydrogen-bond acceptors (Lipinski definition) is 5. The van der Waals surface area contributed by atoms with Gasteiger partial charge >= 0.3 is 0 Å². The Kier molecular flexibility index (Phi) is 12.8. The highest BCUT2D eigenvalue weighted by atomic mass is 28.4. The summed E-state index contributed by atoms with van der Waals surface area (Å²) in [7, 11) is 0.105. The van der Waals surface area contributed by atoms with Crippen molar-refractivity contribution in [3.8, 4) is 0 Å². The Balaban J connectivity index is 4.57. The van der Waals surface area contributed by atoms with Gasteiger partial charge in [-0.05, 0) is 25.1 Å². The van der Waals surface area contributed by atoms with Gasteiger partial charge in [0.15, 0.2) is 8.32 Å². The summed E-state index contributed by atoms with van der Waals surface area (Å²) in [4.78, 5) is 24.2. The number of rotatable bonds is 14. The molecule has 24 heavy (non-hydrogen) atoms. The molecule has 0 aromatic rings. The number of nitrogens with two attached hydrogens (primary N) is 2. The van der Waals surface area contributed by atoms with Crippen molar-refractivity contribution in [2.45, 2.75) is 51.2 Å². The monoisotopic (exact) mass is 360 g/mol. The lowest BCUT2D eigenvalue weighted by atomic mass is 9.98. The predicted molar refractivity (Wildman–Crippen MR) is 100 cm³/mol. The van der Waals surface area contributed by atoms with Crippen molar-refractivity contribution in [3.63, 3.8) is 0 Å². The minimum Gasteiger partial charge on any atom is -0.420 e. The molecule has 6 N–H and O–H groups in total. The van der Waals surface area contributed by atoms with E-state index in [-0.39, 0.29) is 24.2 Å². The first-order valence-electron chi connectivity index (χ1n) is 8.92. The van der Waals surface area contributed by atoms with Gasteiger partial charge < -0.3 is 26.5 Å². The largest absolute Gasteiger partial charge is 0.420 e. The van der Waals surface area contributed by atoms with Crippen molar-refractivity contribution in [2.24, 2.45) is 17.4 Å². The molecule has 0 aromatic carbocycles. The van der Waals surface area contributed by atoms with Crippen molar-refractivity contribution in [1.82, 2.24) is 10.6 Å². The third kappa shape index (κ3) is 10.0. The molecule has 0 aliphatic rings. The molecule has 0 radical (unpaired) electrons. The number of carbonyl (C=O) groups excluding carboxylic acids is 2. The molecule has 7 nitrogen and oxygen atoms in total.